The quantitative estimate of drug-likeness (QED) is 0.704. The van der Waals surface area contributed by atoms with Crippen LogP contribution < -0.4 is 5.32 Å². The van der Waals surface area contributed by atoms with Crippen LogP contribution in [0.5, 0.6) is 0 Å². The number of aromatic amines is 1. The van der Waals surface area contributed by atoms with Crippen molar-refractivity contribution in [1.29, 1.82) is 0 Å². The highest BCUT2D eigenvalue weighted by Gasteiger charge is 2.23. The van der Waals surface area contributed by atoms with E-state index in [-0.39, 0.29) is 5.91 Å². The molecule has 0 atom stereocenters. The molecule has 1 amide bonds. The average Bonchev–Trinajstić information content (AvgIpc) is 3.29. The number of para-hydroxylation sites is 1. The predicted molar refractivity (Wildman–Crippen MR) is 107 cm³/mol. The molecule has 0 radical (unpaired) electrons. The molecule has 0 saturated carbocycles. The van der Waals surface area contributed by atoms with Gasteiger partial charge in [-0.05, 0) is 43.5 Å². The molecular formula is C20H24N4OS. The molecule has 136 valence electrons. The van der Waals surface area contributed by atoms with Crippen molar-refractivity contribution in [2.75, 3.05) is 18.4 Å². The second-order valence-electron chi connectivity index (χ2n) is 6.89. The van der Waals surface area contributed by atoms with Gasteiger partial charge in [0.15, 0.2) is 5.13 Å². The van der Waals surface area contributed by atoms with E-state index in [1.165, 1.54) is 40.6 Å². The van der Waals surface area contributed by atoms with Crippen LogP contribution in [-0.2, 0) is 11.3 Å². The Balaban J connectivity index is 1.34. The van der Waals surface area contributed by atoms with Crippen LogP contribution in [0.15, 0.2) is 35.8 Å². The lowest BCUT2D eigenvalue weighted by Crippen LogP contribution is -2.32. The maximum Gasteiger partial charge on any atom is 0.225 e. The number of piperidine rings is 1. The Kier molecular flexibility index (Phi) is 5.04. The highest BCUT2D eigenvalue weighted by molar-refractivity contribution is 7.13. The molecule has 1 aliphatic rings. The third-order valence-corrected chi connectivity index (χ3v) is 5.96. The largest absolute Gasteiger partial charge is 0.361 e. The predicted octanol–water partition coefficient (Wildman–Crippen LogP) is 4.35. The maximum absolute atomic E-state index is 11.5. The highest BCUT2D eigenvalue weighted by atomic mass is 32.1. The number of fused-ring (bicyclic) bond motifs is 1. The van der Waals surface area contributed by atoms with Gasteiger partial charge in [0, 0.05) is 35.4 Å². The number of thiazole rings is 1. The summed E-state index contributed by atoms with van der Waals surface area (Å²) in [5.74, 6) is 0.641. The summed E-state index contributed by atoms with van der Waals surface area (Å²) in [5.41, 5.74) is 3.74. The summed E-state index contributed by atoms with van der Waals surface area (Å²) in [4.78, 5) is 21.9. The standard InChI is InChI=1S/C20H24N4OS/c1-2-19(25)23-20-22-15(13-26-20)12-24-9-7-14(8-10-24)17-11-21-18-6-4-3-5-16(17)18/h3-6,11,13-14,21H,2,7-10,12H2,1H3,(H,22,23,25). The van der Waals surface area contributed by atoms with E-state index in [2.05, 4.69) is 56.0 Å². The Labute approximate surface area is 157 Å². The lowest BCUT2D eigenvalue weighted by molar-refractivity contribution is -0.115. The molecule has 0 bridgehead atoms. The van der Waals surface area contributed by atoms with Crippen molar-refractivity contribution < 1.29 is 4.79 Å². The topological polar surface area (TPSA) is 61.0 Å². The summed E-state index contributed by atoms with van der Waals surface area (Å²) in [6, 6.07) is 8.56. The summed E-state index contributed by atoms with van der Waals surface area (Å²) in [6.45, 7) is 4.87. The maximum atomic E-state index is 11.5. The first kappa shape index (κ1) is 17.2. The van der Waals surface area contributed by atoms with E-state index in [9.17, 15) is 4.79 Å². The molecule has 1 saturated heterocycles. The molecule has 0 spiro atoms. The van der Waals surface area contributed by atoms with Gasteiger partial charge in [0.25, 0.3) is 0 Å². The van der Waals surface area contributed by atoms with Crippen molar-refractivity contribution in [2.24, 2.45) is 0 Å². The second-order valence-corrected chi connectivity index (χ2v) is 7.74. The monoisotopic (exact) mass is 368 g/mol. The number of benzene rings is 1. The number of carbonyl (C=O) groups is 1. The number of nitrogens with zero attached hydrogens (tertiary/aromatic N) is 2. The van der Waals surface area contributed by atoms with E-state index >= 15 is 0 Å². The molecule has 3 aromatic rings. The smallest absolute Gasteiger partial charge is 0.225 e. The average molecular weight is 369 g/mol. The van der Waals surface area contributed by atoms with Gasteiger partial charge in [-0.2, -0.15) is 0 Å². The Hall–Kier alpha value is -2.18. The fourth-order valence-electron chi connectivity index (χ4n) is 3.71. The van der Waals surface area contributed by atoms with Crippen molar-refractivity contribution in [1.82, 2.24) is 14.9 Å². The van der Waals surface area contributed by atoms with Crippen molar-refractivity contribution in [3.8, 4) is 0 Å². The summed E-state index contributed by atoms with van der Waals surface area (Å²) in [6.07, 6.45) is 5.02. The lowest BCUT2D eigenvalue weighted by atomic mass is 9.89. The normalized spacial score (nSPS) is 16.2. The third kappa shape index (κ3) is 3.66. The number of likely N-dealkylation sites (tertiary alicyclic amines) is 1. The number of hydrogen-bond donors (Lipinski definition) is 2. The van der Waals surface area contributed by atoms with E-state index in [1.807, 2.05) is 6.92 Å². The van der Waals surface area contributed by atoms with Crippen LogP contribution >= 0.6 is 11.3 Å². The highest BCUT2D eigenvalue weighted by Crippen LogP contribution is 2.33. The number of anilines is 1. The molecule has 26 heavy (non-hydrogen) atoms. The molecule has 1 aliphatic heterocycles. The summed E-state index contributed by atoms with van der Waals surface area (Å²) < 4.78 is 0. The number of amides is 1. The van der Waals surface area contributed by atoms with Crippen LogP contribution in [0.1, 0.15) is 43.4 Å². The van der Waals surface area contributed by atoms with Crippen LogP contribution in [0.25, 0.3) is 10.9 Å². The van der Waals surface area contributed by atoms with Gasteiger partial charge in [-0.1, -0.05) is 25.1 Å². The minimum Gasteiger partial charge on any atom is -0.361 e. The van der Waals surface area contributed by atoms with Crippen LogP contribution in [0.4, 0.5) is 5.13 Å². The molecule has 1 fully saturated rings. The minimum atomic E-state index is 0.0189. The van der Waals surface area contributed by atoms with E-state index < -0.39 is 0 Å². The Morgan fingerprint density at radius 3 is 2.96 bits per heavy atom. The molecule has 6 heteroatoms. The van der Waals surface area contributed by atoms with Gasteiger partial charge < -0.3 is 10.3 Å². The van der Waals surface area contributed by atoms with Crippen molar-refractivity contribution in [2.45, 2.75) is 38.6 Å². The number of aromatic nitrogens is 2. The molecule has 2 N–H and O–H groups in total. The van der Waals surface area contributed by atoms with Crippen molar-refractivity contribution in [3.05, 3.63) is 47.1 Å². The van der Waals surface area contributed by atoms with Gasteiger partial charge in [0.2, 0.25) is 5.91 Å². The number of carbonyl (C=O) groups excluding carboxylic acids is 1. The van der Waals surface area contributed by atoms with E-state index in [4.69, 9.17) is 0 Å². The SMILES string of the molecule is CCC(=O)Nc1nc(CN2CCC(c3c[nH]c4ccccc34)CC2)cs1. The molecule has 1 aromatic carbocycles. The zero-order valence-electron chi connectivity index (χ0n) is 15.0. The molecule has 0 aliphatic carbocycles. The number of H-pyrrole nitrogens is 1. The molecule has 3 heterocycles. The van der Waals surface area contributed by atoms with Gasteiger partial charge in [-0.15, -0.1) is 11.3 Å². The summed E-state index contributed by atoms with van der Waals surface area (Å²) >= 11 is 1.51. The molecule has 4 rings (SSSR count). The van der Waals surface area contributed by atoms with E-state index in [0.29, 0.717) is 17.5 Å². The van der Waals surface area contributed by atoms with Gasteiger partial charge in [-0.25, -0.2) is 4.98 Å². The Morgan fingerprint density at radius 1 is 1.35 bits per heavy atom. The molecule has 0 unspecified atom stereocenters. The van der Waals surface area contributed by atoms with E-state index in [1.54, 1.807) is 0 Å². The van der Waals surface area contributed by atoms with Gasteiger partial charge in [0.1, 0.15) is 0 Å². The van der Waals surface area contributed by atoms with E-state index in [0.717, 1.165) is 25.3 Å². The zero-order valence-corrected chi connectivity index (χ0v) is 15.8. The Bertz CT molecular complexity index is 892. The first-order valence-corrected chi connectivity index (χ1v) is 10.1. The third-order valence-electron chi connectivity index (χ3n) is 5.15. The molecule has 5 nitrogen and oxygen atoms in total. The minimum absolute atomic E-state index is 0.0189. The fourth-order valence-corrected chi connectivity index (χ4v) is 4.43. The zero-order chi connectivity index (χ0) is 17.9. The van der Waals surface area contributed by atoms with Gasteiger partial charge in [0.05, 0.1) is 5.69 Å². The van der Waals surface area contributed by atoms with Gasteiger partial charge in [-0.3, -0.25) is 9.69 Å². The molecule has 2 aromatic heterocycles. The molecular weight excluding hydrogens is 344 g/mol. The first-order valence-electron chi connectivity index (χ1n) is 9.25. The number of hydrogen-bond acceptors (Lipinski definition) is 4. The van der Waals surface area contributed by atoms with Crippen molar-refractivity contribution in [3.63, 3.8) is 0 Å². The lowest BCUT2D eigenvalue weighted by Gasteiger charge is -2.31. The van der Waals surface area contributed by atoms with Crippen LogP contribution in [0, 0.1) is 0 Å². The van der Waals surface area contributed by atoms with Crippen LogP contribution in [-0.4, -0.2) is 33.9 Å². The van der Waals surface area contributed by atoms with Crippen LogP contribution in [0.2, 0.25) is 0 Å². The Morgan fingerprint density at radius 2 is 2.15 bits per heavy atom. The number of nitrogens with one attached hydrogen (secondary N) is 2. The second kappa shape index (κ2) is 7.60. The summed E-state index contributed by atoms with van der Waals surface area (Å²) in [5, 5.41) is 6.96. The van der Waals surface area contributed by atoms with Gasteiger partial charge >= 0.3 is 0 Å². The summed E-state index contributed by atoms with van der Waals surface area (Å²) in [7, 11) is 0. The van der Waals surface area contributed by atoms with Crippen LogP contribution in [0.3, 0.4) is 0 Å². The fraction of sp³-hybridized carbons (Fsp3) is 0.400. The van der Waals surface area contributed by atoms with Crippen molar-refractivity contribution >= 4 is 33.3 Å². The first-order chi connectivity index (χ1) is 12.7. The number of rotatable bonds is 5.